The van der Waals surface area contributed by atoms with Crippen LogP contribution in [0.5, 0.6) is 5.75 Å². The summed E-state index contributed by atoms with van der Waals surface area (Å²) in [4.78, 5) is 29.3. The SMILES string of the molecule is CC/C(=C\c1cccc(O)c1)CC[C@H]1OC[C@H]2C1=C(CO[Si](c1ccccc1)(c1ccccc1)C(C)(C)C)C[C@H]1C(=O)N(c3cc(C(F)(F)F)cc(C(F)(F)F)c3)C(=O)[C@H]12. The fourth-order valence-corrected chi connectivity index (χ4v) is 13.9. The van der Waals surface area contributed by atoms with Crippen molar-refractivity contribution in [3.8, 4) is 5.75 Å². The maximum Gasteiger partial charge on any atom is 0.416 e. The Kier molecular flexibility index (Phi) is 11.8. The molecule has 4 aromatic carbocycles. The number of imide groups is 1. The third kappa shape index (κ3) is 8.23. The first-order valence-electron chi connectivity index (χ1n) is 20.1. The molecular formula is C47H47F6NO5Si. The first kappa shape index (κ1) is 43.1. The standard InChI is InChI=1S/C47H47F6NO5Si/c1-5-29(21-30-13-12-14-35(55)22-30)19-20-40-41-31(27-59-60(45(2,3)4,36-15-8-6-9-16-36)37-17-10-7-11-18-37)23-38-42(39(41)28-58-40)44(57)54(43(38)56)34-25-32(46(48,49)50)24-33(26-34)47(51,52)53/h6-18,21-22,24-26,38-40,42,55H,5,19-20,23,27-28H2,1-4H3/b29-21+/t38-,39+,40-,42-/m1/s1. The highest BCUT2D eigenvalue weighted by molar-refractivity contribution is 6.99. The van der Waals surface area contributed by atoms with Crippen LogP contribution in [0.15, 0.2) is 120 Å². The summed E-state index contributed by atoms with van der Waals surface area (Å²) >= 11 is 0. The van der Waals surface area contributed by atoms with Gasteiger partial charge in [-0.05, 0) is 88.1 Å². The second-order valence-corrected chi connectivity index (χ2v) is 21.1. The van der Waals surface area contributed by atoms with Gasteiger partial charge in [0.15, 0.2) is 0 Å². The smallest absolute Gasteiger partial charge is 0.416 e. The number of hydrogen-bond acceptors (Lipinski definition) is 5. The van der Waals surface area contributed by atoms with Crippen LogP contribution in [0.3, 0.4) is 0 Å². The minimum atomic E-state index is -5.17. The number of benzene rings is 4. The number of hydrogen-bond donors (Lipinski definition) is 1. The molecule has 316 valence electrons. The van der Waals surface area contributed by atoms with Crippen molar-refractivity contribution in [2.45, 2.75) is 76.9 Å². The molecule has 2 heterocycles. The maximum absolute atomic E-state index is 14.4. The first-order valence-corrected chi connectivity index (χ1v) is 22.0. The molecule has 4 aromatic rings. The lowest BCUT2D eigenvalue weighted by Gasteiger charge is -2.44. The van der Waals surface area contributed by atoms with Crippen molar-refractivity contribution in [2.75, 3.05) is 18.1 Å². The van der Waals surface area contributed by atoms with E-state index in [4.69, 9.17) is 9.16 Å². The van der Waals surface area contributed by atoms with Gasteiger partial charge in [-0.15, -0.1) is 0 Å². The monoisotopic (exact) mass is 847 g/mol. The Balaban J connectivity index is 1.30. The van der Waals surface area contributed by atoms with Crippen LogP contribution >= 0.6 is 0 Å². The Morgan fingerprint density at radius 1 is 0.817 bits per heavy atom. The molecule has 60 heavy (non-hydrogen) atoms. The second kappa shape index (κ2) is 16.5. The van der Waals surface area contributed by atoms with Crippen LogP contribution in [-0.4, -0.2) is 44.6 Å². The van der Waals surface area contributed by atoms with Gasteiger partial charge in [-0.3, -0.25) is 9.59 Å². The lowest BCUT2D eigenvalue weighted by atomic mass is 9.69. The Morgan fingerprint density at radius 3 is 1.95 bits per heavy atom. The number of fused-ring (bicyclic) bond motifs is 3. The van der Waals surface area contributed by atoms with E-state index in [1.54, 1.807) is 18.2 Å². The van der Waals surface area contributed by atoms with Crippen molar-refractivity contribution in [2.24, 2.45) is 17.8 Å². The molecule has 0 unspecified atom stereocenters. The minimum Gasteiger partial charge on any atom is -0.508 e. The topological polar surface area (TPSA) is 76.1 Å². The highest BCUT2D eigenvalue weighted by Gasteiger charge is 2.58. The number of anilines is 1. The number of nitrogens with zero attached hydrogens (tertiary/aromatic N) is 1. The molecule has 0 aromatic heterocycles. The fraction of sp³-hybridized carbons (Fsp3) is 0.362. The molecule has 0 saturated carbocycles. The number of phenols is 1. The van der Waals surface area contributed by atoms with Gasteiger partial charge in [-0.2, -0.15) is 26.3 Å². The van der Waals surface area contributed by atoms with E-state index in [0.29, 0.717) is 36.3 Å². The van der Waals surface area contributed by atoms with Crippen molar-refractivity contribution in [3.63, 3.8) is 0 Å². The van der Waals surface area contributed by atoms with E-state index in [1.165, 1.54) is 0 Å². The van der Waals surface area contributed by atoms with E-state index in [9.17, 15) is 41.0 Å². The first-order chi connectivity index (χ1) is 28.3. The van der Waals surface area contributed by atoms with E-state index < -0.39 is 78.2 Å². The van der Waals surface area contributed by atoms with Crippen LogP contribution < -0.4 is 15.3 Å². The molecule has 2 aliphatic heterocycles. The summed E-state index contributed by atoms with van der Waals surface area (Å²) in [5.74, 6) is -4.36. The molecule has 13 heteroatoms. The third-order valence-corrected chi connectivity index (χ3v) is 17.1. The van der Waals surface area contributed by atoms with E-state index >= 15 is 0 Å². The Morgan fingerprint density at radius 2 is 1.42 bits per heavy atom. The summed E-state index contributed by atoms with van der Waals surface area (Å²) in [6.07, 6.45) is -7.03. The lowest BCUT2D eigenvalue weighted by molar-refractivity contribution is -0.143. The van der Waals surface area contributed by atoms with E-state index in [2.05, 4.69) is 45.0 Å². The van der Waals surface area contributed by atoms with Gasteiger partial charge in [-0.25, -0.2) is 4.90 Å². The molecule has 2 fully saturated rings. The molecule has 2 amide bonds. The quantitative estimate of drug-likeness (QED) is 0.0705. The zero-order valence-electron chi connectivity index (χ0n) is 33.7. The molecule has 4 atom stereocenters. The van der Waals surface area contributed by atoms with E-state index in [-0.39, 0.29) is 31.5 Å². The minimum absolute atomic E-state index is 0.0144. The number of rotatable bonds is 11. The Labute approximate surface area is 346 Å². The number of amides is 2. The number of carbonyl (C=O) groups excluding carboxylic acids is 2. The van der Waals surface area contributed by atoms with E-state index in [0.717, 1.165) is 32.7 Å². The zero-order chi connectivity index (χ0) is 43.2. The van der Waals surface area contributed by atoms with Gasteiger partial charge in [0, 0.05) is 5.92 Å². The van der Waals surface area contributed by atoms with Gasteiger partial charge in [0.1, 0.15) is 5.75 Å². The molecule has 1 aliphatic carbocycles. The Hall–Kier alpha value is -4.98. The largest absolute Gasteiger partial charge is 0.508 e. The molecule has 6 nitrogen and oxygen atoms in total. The van der Waals surface area contributed by atoms with Gasteiger partial charge in [0.2, 0.25) is 11.8 Å². The number of carbonyl (C=O) groups is 2. The predicted molar refractivity (Wildman–Crippen MR) is 220 cm³/mol. The summed E-state index contributed by atoms with van der Waals surface area (Å²) in [7, 11) is -3.15. The Bertz CT molecular complexity index is 2230. The summed E-state index contributed by atoms with van der Waals surface area (Å²) in [6.45, 7) is 8.51. The van der Waals surface area contributed by atoms with Crippen molar-refractivity contribution >= 4 is 42.3 Å². The number of ether oxygens (including phenoxy) is 1. The number of aromatic hydroxyl groups is 1. The summed E-state index contributed by atoms with van der Waals surface area (Å²) in [5, 5.41) is 11.7. The van der Waals surface area contributed by atoms with Gasteiger partial charge in [-0.1, -0.05) is 112 Å². The molecule has 1 N–H and O–H groups in total. The predicted octanol–water partition coefficient (Wildman–Crippen LogP) is 10.1. The summed E-state index contributed by atoms with van der Waals surface area (Å²) in [6, 6.07) is 27.7. The number of halogens is 6. The molecule has 0 spiro atoms. The molecule has 3 aliphatic rings. The average molecular weight is 848 g/mol. The highest BCUT2D eigenvalue weighted by Crippen LogP contribution is 2.52. The lowest BCUT2D eigenvalue weighted by Crippen LogP contribution is -2.66. The zero-order valence-corrected chi connectivity index (χ0v) is 34.7. The molecule has 2 saturated heterocycles. The van der Waals surface area contributed by atoms with Crippen molar-refractivity contribution in [1.82, 2.24) is 0 Å². The second-order valence-electron chi connectivity index (χ2n) is 16.8. The number of allylic oxidation sites excluding steroid dienone is 1. The van der Waals surface area contributed by atoms with Gasteiger partial charge >= 0.3 is 12.4 Å². The van der Waals surface area contributed by atoms with Gasteiger partial charge < -0.3 is 14.3 Å². The van der Waals surface area contributed by atoms with Gasteiger partial charge in [0.05, 0.1) is 48.0 Å². The maximum atomic E-state index is 14.4. The van der Waals surface area contributed by atoms with Crippen LogP contribution in [0.2, 0.25) is 5.04 Å². The van der Waals surface area contributed by atoms with Crippen LogP contribution in [0.1, 0.15) is 70.1 Å². The average Bonchev–Trinajstić information content (AvgIpc) is 3.73. The fourth-order valence-electron chi connectivity index (χ4n) is 9.40. The number of phenolic OH excluding ortho intramolecular Hbond substituents is 1. The van der Waals surface area contributed by atoms with Crippen LogP contribution in [0.4, 0.5) is 32.0 Å². The molecule has 0 bridgehead atoms. The normalized spacial score (nSPS) is 21.4. The summed E-state index contributed by atoms with van der Waals surface area (Å²) < 4.78 is 97.7. The van der Waals surface area contributed by atoms with Crippen LogP contribution in [0.25, 0.3) is 6.08 Å². The number of alkyl halides is 6. The van der Waals surface area contributed by atoms with Crippen molar-refractivity contribution in [1.29, 1.82) is 0 Å². The van der Waals surface area contributed by atoms with Crippen LogP contribution in [-0.2, 0) is 31.1 Å². The van der Waals surface area contributed by atoms with Crippen LogP contribution in [0, 0.1) is 17.8 Å². The molecule has 7 rings (SSSR count). The van der Waals surface area contributed by atoms with Crippen molar-refractivity contribution < 1.29 is 50.2 Å². The van der Waals surface area contributed by atoms with Gasteiger partial charge in [0.25, 0.3) is 8.32 Å². The molecular weight excluding hydrogens is 801 g/mol. The third-order valence-electron chi connectivity index (χ3n) is 12.1. The highest BCUT2D eigenvalue weighted by atomic mass is 28.4. The van der Waals surface area contributed by atoms with Crippen molar-refractivity contribution in [3.05, 3.63) is 137 Å². The van der Waals surface area contributed by atoms with E-state index in [1.807, 2.05) is 55.5 Å². The molecule has 0 radical (unpaired) electrons. The summed E-state index contributed by atoms with van der Waals surface area (Å²) in [5.41, 5.74) is -0.551.